The standard InChI is InChI=1S/C20H26ClN3O/c1-14-5-6-17(21)12-19(14)24-9-7-23(8-10-24)13-20(25)18-11-15(2)22(4)16(18)3/h5-6,11-12H,7-10,13H2,1-4H3. The minimum Gasteiger partial charge on any atom is -0.369 e. The molecule has 0 amide bonds. The number of hydrogen-bond donors (Lipinski definition) is 0. The lowest BCUT2D eigenvalue weighted by atomic mass is 10.1. The maximum Gasteiger partial charge on any atom is 0.178 e. The number of hydrogen-bond acceptors (Lipinski definition) is 3. The lowest BCUT2D eigenvalue weighted by Crippen LogP contribution is -2.48. The SMILES string of the molecule is Cc1ccc(Cl)cc1N1CCN(CC(=O)c2cc(C)n(C)c2C)CC1. The van der Waals surface area contributed by atoms with Gasteiger partial charge in [-0.1, -0.05) is 17.7 Å². The summed E-state index contributed by atoms with van der Waals surface area (Å²) in [6.45, 7) is 10.3. The summed E-state index contributed by atoms with van der Waals surface area (Å²) in [6.07, 6.45) is 0. The molecule has 3 rings (SSSR count). The van der Waals surface area contributed by atoms with E-state index in [-0.39, 0.29) is 5.78 Å². The van der Waals surface area contributed by atoms with Crippen LogP contribution in [-0.4, -0.2) is 48.0 Å². The molecule has 5 heteroatoms. The van der Waals surface area contributed by atoms with E-state index >= 15 is 0 Å². The molecule has 0 spiro atoms. The summed E-state index contributed by atoms with van der Waals surface area (Å²) in [5.74, 6) is 0.216. The molecule has 1 aromatic carbocycles. The van der Waals surface area contributed by atoms with Crippen molar-refractivity contribution >= 4 is 23.1 Å². The molecule has 1 aliphatic rings. The molecular weight excluding hydrogens is 334 g/mol. The van der Waals surface area contributed by atoms with Crippen LogP contribution in [0, 0.1) is 20.8 Å². The van der Waals surface area contributed by atoms with Gasteiger partial charge in [-0.15, -0.1) is 0 Å². The van der Waals surface area contributed by atoms with Gasteiger partial charge in [-0.25, -0.2) is 0 Å². The van der Waals surface area contributed by atoms with E-state index in [0.29, 0.717) is 6.54 Å². The fraction of sp³-hybridized carbons (Fsp3) is 0.450. The summed E-state index contributed by atoms with van der Waals surface area (Å²) >= 11 is 6.15. The molecule has 0 aliphatic carbocycles. The van der Waals surface area contributed by atoms with Crippen molar-refractivity contribution in [3.63, 3.8) is 0 Å². The van der Waals surface area contributed by atoms with Crippen LogP contribution in [0.3, 0.4) is 0 Å². The quantitative estimate of drug-likeness (QED) is 0.781. The summed E-state index contributed by atoms with van der Waals surface area (Å²) in [5, 5.41) is 0.771. The van der Waals surface area contributed by atoms with Crippen molar-refractivity contribution in [3.05, 3.63) is 51.8 Å². The van der Waals surface area contributed by atoms with Crippen molar-refractivity contribution in [2.45, 2.75) is 20.8 Å². The third kappa shape index (κ3) is 3.75. The number of ketones is 1. The van der Waals surface area contributed by atoms with Crippen LogP contribution in [0.5, 0.6) is 0 Å². The van der Waals surface area contributed by atoms with Crippen LogP contribution < -0.4 is 4.90 Å². The highest BCUT2D eigenvalue weighted by atomic mass is 35.5. The Balaban J connectivity index is 1.62. The van der Waals surface area contributed by atoms with Gasteiger partial charge in [0.2, 0.25) is 0 Å². The van der Waals surface area contributed by atoms with Crippen LogP contribution in [-0.2, 0) is 7.05 Å². The first-order valence-corrected chi connectivity index (χ1v) is 9.14. The number of aromatic nitrogens is 1. The Morgan fingerprint density at radius 1 is 1.08 bits per heavy atom. The minimum atomic E-state index is 0.216. The van der Waals surface area contributed by atoms with Crippen molar-refractivity contribution in [1.29, 1.82) is 0 Å². The highest BCUT2D eigenvalue weighted by molar-refractivity contribution is 6.30. The average Bonchev–Trinajstić information content (AvgIpc) is 2.85. The number of anilines is 1. The first-order chi connectivity index (χ1) is 11.9. The number of rotatable bonds is 4. The van der Waals surface area contributed by atoms with Gasteiger partial charge in [-0.2, -0.15) is 0 Å². The highest BCUT2D eigenvalue weighted by Gasteiger charge is 2.22. The summed E-state index contributed by atoms with van der Waals surface area (Å²) in [5.41, 5.74) is 5.48. The Kier molecular flexibility index (Phi) is 5.21. The smallest absolute Gasteiger partial charge is 0.178 e. The molecule has 0 unspecified atom stereocenters. The minimum absolute atomic E-state index is 0.216. The second-order valence-corrected chi connectivity index (χ2v) is 7.40. The maximum absolute atomic E-state index is 12.7. The van der Waals surface area contributed by atoms with Gasteiger partial charge in [-0.05, 0) is 44.5 Å². The predicted octanol–water partition coefficient (Wildman–Crippen LogP) is 3.61. The largest absolute Gasteiger partial charge is 0.369 e. The van der Waals surface area contributed by atoms with Crippen LogP contribution in [0.25, 0.3) is 0 Å². The van der Waals surface area contributed by atoms with Crippen molar-refractivity contribution < 1.29 is 4.79 Å². The number of halogens is 1. The van der Waals surface area contributed by atoms with Gasteiger partial charge < -0.3 is 9.47 Å². The van der Waals surface area contributed by atoms with Gasteiger partial charge >= 0.3 is 0 Å². The number of carbonyl (C=O) groups is 1. The van der Waals surface area contributed by atoms with Gasteiger partial charge in [0.15, 0.2) is 5.78 Å². The van der Waals surface area contributed by atoms with E-state index in [9.17, 15) is 4.79 Å². The van der Waals surface area contributed by atoms with E-state index in [1.165, 1.54) is 11.3 Å². The molecule has 25 heavy (non-hydrogen) atoms. The number of Topliss-reactive ketones (excluding diaryl/α,β-unsaturated/α-hetero) is 1. The van der Waals surface area contributed by atoms with Crippen molar-refractivity contribution in [3.8, 4) is 0 Å². The number of benzene rings is 1. The molecule has 2 aromatic rings. The molecule has 1 aliphatic heterocycles. The molecule has 1 aromatic heterocycles. The summed E-state index contributed by atoms with van der Waals surface area (Å²) < 4.78 is 2.08. The number of aryl methyl sites for hydroxylation is 2. The zero-order valence-corrected chi connectivity index (χ0v) is 16.2. The van der Waals surface area contributed by atoms with E-state index in [0.717, 1.165) is 48.2 Å². The summed E-state index contributed by atoms with van der Waals surface area (Å²) in [4.78, 5) is 17.3. The topological polar surface area (TPSA) is 28.5 Å². The Bertz CT molecular complexity index is 788. The fourth-order valence-corrected chi connectivity index (χ4v) is 3.66. The van der Waals surface area contributed by atoms with Crippen molar-refractivity contribution in [2.75, 3.05) is 37.6 Å². The Morgan fingerprint density at radius 2 is 1.76 bits per heavy atom. The Morgan fingerprint density at radius 3 is 2.36 bits per heavy atom. The highest BCUT2D eigenvalue weighted by Crippen LogP contribution is 2.25. The molecule has 0 bridgehead atoms. The van der Waals surface area contributed by atoms with E-state index in [1.807, 2.05) is 39.1 Å². The lowest BCUT2D eigenvalue weighted by Gasteiger charge is -2.36. The molecule has 0 atom stereocenters. The average molecular weight is 360 g/mol. The molecule has 0 saturated carbocycles. The Labute approximate surface area is 155 Å². The first-order valence-electron chi connectivity index (χ1n) is 8.76. The van der Waals surface area contributed by atoms with Crippen LogP contribution in [0.4, 0.5) is 5.69 Å². The van der Waals surface area contributed by atoms with Gasteiger partial charge in [0.25, 0.3) is 0 Å². The second kappa shape index (κ2) is 7.22. The van der Waals surface area contributed by atoms with E-state index in [2.05, 4.69) is 27.4 Å². The van der Waals surface area contributed by atoms with Crippen LogP contribution in [0.2, 0.25) is 5.02 Å². The van der Waals surface area contributed by atoms with Crippen LogP contribution >= 0.6 is 11.6 Å². The fourth-order valence-electron chi connectivity index (χ4n) is 3.50. The molecule has 134 valence electrons. The molecular formula is C20H26ClN3O. The van der Waals surface area contributed by atoms with Crippen LogP contribution in [0.1, 0.15) is 27.3 Å². The van der Waals surface area contributed by atoms with Crippen LogP contribution in [0.15, 0.2) is 24.3 Å². The van der Waals surface area contributed by atoms with Gasteiger partial charge in [-0.3, -0.25) is 9.69 Å². The van der Waals surface area contributed by atoms with Crippen molar-refractivity contribution in [1.82, 2.24) is 9.47 Å². The first kappa shape index (κ1) is 18.0. The number of piperazine rings is 1. The zero-order chi connectivity index (χ0) is 18.1. The second-order valence-electron chi connectivity index (χ2n) is 6.96. The lowest BCUT2D eigenvalue weighted by molar-refractivity contribution is 0.0925. The Hall–Kier alpha value is -1.78. The van der Waals surface area contributed by atoms with Crippen molar-refractivity contribution in [2.24, 2.45) is 7.05 Å². The molecule has 4 nitrogen and oxygen atoms in total. The molecule has 1 saturated heterocycles. The molecule has 0 N–H and O–H groups in total. The molecule has 1 fully saturated rings. The van der Waals surface area contributed by atoms with E-state index < -0.39 is 0 Å². The zero-order valence-electron chi connectivity index (χ0n) is 15.5. The van der Waals surface area contributed by atoms with E-state index in [4.69, 9.17) is 11.6 Å². The summed E-state index contributed by atoms with van der Waals surface area (Å²) in [7, 11) is 2.01. The van der Waals surface area contributed by atoms with E-state index in [1.54, 1.807) is 0 Å². The molecule has 2 heterocycles. The predicted molar refractivity (Wildman–Crippen MR) is 104 cm³/mol. The third-order valence-electron chi connectivity index (χ3n) is 5.33. The summed E-state index contributed by atoms with van der Waals surface area (Å²) in [6, 6.07) is 8.03. The number of nitrogens with zero attached hydrogens (tertiary/aromatic N) is 3. The normalized spacial score (nSPS) is 15.6. The van der Waals surface area contributed by atoms with Gasteiger partial charge in [0.1, 0.15) is 0 Å². The third-order valence-corrected chi connectivity index (χ3v) is 5.56. The molecule has 0 radical (unpaired) electrons. The maximum atomic E-state index is 12.7. The van der Waals surface area contributed by atoms with Gasteiger partial charge in [0, 0.05) is 60.9 Å². The number of carbonyl (C=O) groups excluding carboxylic acids is 1. The van der Waals surface area contributed by atoms with Gasteiger partial charge in [0.05, 0.1) is 6.54 Å². The monoisotopic (exact) mass is 359 g/mol.